The number of carbonyl (C=O) groups is 1. The van der Waals surface area contributed by atoms with Gasteiger partial charge in [-0.25, -0.2) is 0 Å². The van der Waals surface area contributed by atoms with Crippen molar-refractivity contribution in [3.63, 3.8) is 0 Å². The molecule has 0 aliphatic carbocycles. The zero-order valence-corrected chi connectivity index (χ0v) is 8.69. The molecule has 0 radical (unpaired) electrons. The number of hydrogen-bond donors (Lipinski definition) is 1. The third-order valence-corrected chi connectivity index (χ3v) is 2.48. The van der Waals surface area contributed by atoms with Crippen LogP contribution in [0.4, 0.5) is 5.69 Å². The summed E-state index contributed by atoms with van der Waals surface area (Å²) in [6.07, 6.45) is 0. The molecule has 1 N–H and O–H groups in total. The molecule has 4 heteroatoms. The molecule has 1 aliphatic heterocycles. The van der Waals surface area contributed by atoms with Crippen LogP contribution in [0.15, 0.2) is 24.3 Å². The van der Waals surface area contributed by atoms with Crippen LogP contribution in [-0.4, -0.2) is 32.7 Å². The first kappa shape index (κ1) is 9.83. The summed E-state index contributed by atoms with van der Waals surface area (Å²) in [6, 6.07) is 7.75. The Morgan fingerprint density at radius 2 is 2.07 bits per heavy atom. The standard InChI is InChI=1S/C11H14N2O2/c1-15-10-4-2-9(3-5-10)13-7-6-12-11(14)8-13/h2-5H,6-8H2,1H3,(H,12,14). The SMILES string of the molecule is COc1ccc(N2CCNC(=O)C2)cc1. The quantitative estimate of drug-likeness (QED) is 0.771. The van der Waals surface area contributed by atoms with E-state index in [0.717, 1.165) is 18.0 Å². The number of piperazine rings is 1. The average molecular weight is 206 g/mol. The topological polar surface area (TPSA) is 41.6 Å². The Hall–Kier alpha value is -1.71. The molecule has 1 saturated heterocycles. The van der Waals surface area contributed by atoms with Crippen LogP contribution < -0.4 is 15.0 Å². The van der Waals surface area contributed by atoms with E-state index in [1.165, 1.54) is 0 Å². The molecule has 80 valence electrons. The molecule has 1 aromatic rings. The zero-order valence-electron chi connectivity index (χ0n) is 8.69. The van der Waals surface area contributed by atoms with Crippen LogP contribution in [0.2, 0.25) is 0 Å². The van der Waals surface area contributed by atoms with Crippen molar-refractivity contribution >= 4 is 11.6 Å². The van der Waals surface area contributed by atoms with Gasteiger partial charge >= 0.3 is 0 Å². The number of hydrogen-bond acceptors (Lipinski definition) is 3. The highest BCUT2D eigenvalue weighted by Gasteiger charge is 2.15. The summed E-state index contributed by atoms with van der Waals surface area (Å²) in [5, 5.41) is 2.80. The van der Waals surface area contributed by atoms with Crippen molar-refractivity contribution < 1.29 is 9.53 Å². The molecule has 1 heterocycles. The van der Waals surface area contributed by atoms with Crippen molar-refractivity contribution in [3.8, 4) is 5.75 Å². The van der Waals surface area contributed by atoms with Crippen molar-refractivity contribution in [2.24, 2.45) is 0 Å². The monoisotopic (exact) mass is 206 g/mol. The molecule has 0 bridgehead atoms. The van der Waals surface area contributed by atoms with Crippen LogP contribution in [0.1, 0.15) is 0 Å². The fourth-order valence-electron chi connectivity index (χ4n) is 1.65. The van der Waals surface area contributed by atoms with Gasteiger partial charge in [-0.15, -0.1) is 0 Å². The number of carbonyl (C=O) groups excluding carboxylic acids is 1. The fourth-order valence-corrected chi connectivity index (χ4v) is 1.65. The number of ether oxygens (including phenoxy) is 1. The highest BCUT2D eigenvalue weighted by Crippen LogP contribution is 2.19. The van der Waals surface area contributed by atoms with E-state index in [4.69, 9.17) is 4.74 Å². The molecule has 1 aliphatic rings. The third kappa shape index (κ3) is 2.21. The van der Waals surface area contributed by atoms with Crippen molar-refractivity contribution in [1.82, 2.24) is 5.32 Å². The molecule has 15 heavy (non-hydrogen) atoms. The maximum Gasteiger partial charge on any atom is 0.239 e. The van der Waals surface area contributed by atoms with E-state index < -0.39 is 0 Å². The van der Waals surface area contributed by atoms with Gasteiger partial charge < -0.3 is 15.0 Å². The van der Waals surface area contributed by atoms with E-state index in [0.29, 0.717) is 13.1 Å². The molecule has 1 aromatic carbocycles. The van der Waals surface area contributed by atoms with Crippen molar-refractivity contribution in [3.05, 3.63) is 24.3 Å². The lowest BCUT2D eigenvalue weighted by Crippen LogP contribution is -2.47. The van der Waals surface area contributed by atoms with E-state index >= 15 is 0 Å². The summed E-state index contributed by atoms with van der Waals surface area (Å²) in [6.45, 7) is 2.01. The zero-order chi connectivity index (χ0) is 10.7. The number of rotatable bonds is 2. The Morgan fingerprint density at radius 3 is 2.67 bits per heavy atom. The molecule has 0 unspecified atom stereocenters. The largest absolute Gasteiger partial charge is 0.497 e. The van der Waals surface area contributed by atoms with Crippen LogP contribution in [-0.2, 0) is 4.79 Å². The van der Waals surface area contributed by atoms with E-state index in [1.807, 2.05) is 24.3 Å². The Balaban J connectivity index is 2.11. The second-order valence-electron chi connectivity index (χ2n) is 3.47. The number of anilines is 1. The van der Waals surface area contributed by atoms with E-state index in [1.54, 1.807) is 7.11 Å². The van der Waals surface area contributed by atoms with Gasteiger partial charge in [0, 0.05) is 18.8 Å². The number of amides is 1. The van der Waals surface area contributed by atoms with Gasteiger partial charge in [0.1, 0.15) is 5.75 Å². The maximum absolute atomic E-state index is 11.2. The molecule has 0 aromatic heterocycles. The summed E-state index contributed by atoms with van der Waals surface area (Å²) in [5.74, 6) is 0.914. The Kier molecular flexibility index (Phi) is 2.76. The van der Waals surface area contributed by atoms with Gasteiger partial charge in [0.25, 0.3) is 0 Å². The molecule has 2 rings (SSSR count). The van der Waals surface area contributed by atoms with Gasteiger partial charge in [0.15, 0.2) is 0 Å². The summed E-state index contributed by atoms with van der Waals surface area (Å²) < 4.78 is 5.08. The van der Waals surface area contributed by atoms with E-state index in [2.05, 4.69) is 10.2 Å². The van der Waals surface area contributed by atoms with Gasteiger partial charge in [-0.05, 0) is 24.3 Å². The molecule has 1 amide bonds. The first-order valence-corrected chi connectivity index (χ1v) is 4.95. The Labute approximate surface area is 88.8 Å². The minimum absolute atomic E-state index is 0.0806. The lowest BCUT2D eigenvalue weighted by atomic mass is 10.2. The first-order valence-electron chi connectivity index (χ1n) is 4.95. The van der Waals surface area contributed by atoms with Gasteiger partial charge in [0.2, 0.25) is 5.91 Å². The number of nitrogens with zero attached hydrogens (tertiary/aromatic N) is 1. The van der Waals surface area contributed by atoms with Crippen LogP contribution >= 0.6 is 0 Å². The molecule has 0 atom stereocenters. The van der Waals surface area contributed by atoms with Gasteiger partial charge in [-0.3, -0.25) is 4.79 Å². The van der Waals surface area contributed by atoms with Gasteiger partial charge in [-0.1, -0.05) is 0 Å². The van der Waals surface area contributed by atoms with Crippen molar-refractivity contribution in [1.29, 1.82) is 0 Å². The second kappa shape index (κ2) is 4.21. The molecule has 0 spiro atoms. The lowest BCUT2D eigenvalue weighted by Gasteiger charge is -2.28. The maximum atomic E-state index is 11.2. The van der Waals surface area contributed by atoms with Crippen molar-refractivity contribution in [2.45, 2.75) is 0 Å². The highest BCUT2D eigenvalue weighted by molar-refractivity contribution is 5.82. The predicted molar refractivity (Wildman–Crippen MR) is 58.2 cm³/mol. The normalized spacial score (nSPS) is 16.1. The molecular weight excluding hydrogens is 192 g/mol. The van der Waals surface area contributed by atoms with Crippen LogP contribution in [0.3, 0.4) is 0 Å². The van der Waals surface area contributed by atoms with E-state index in [9.17, 15) is 4.79 Å². The average Bonchev–Trinajstić information content (AvgIpc) is 2.29. The smallest absolute Gasteiger partial charge is 0.239 e. The Morgan fingerprint density at radius 1 is 1.33 bits per heavy atom. The Bertz CT molecular complexity index is 348. The summed E-state index contributed by atoms with van der Waals surface area (Å²) >= 11 is 0. The minimum atomic E-state index is 0.0806. The number of nitrogens with one attached hydrogen (secondary N) is 1. The first-order chi connectivity index (χ1) is 7.29. The third-order valence-electron chi connectivity index (χ3n) is 2.48. The molecular formula is C11H14N2O2. The molecule has 4 nitrogen and oxygen atoms in total. The molecule has 0 saturated carbocycles. The van der Waals surface area contributed by atoms with Crippen LogP contribution in [0.5, 0.6) is 5.75 Å². The van der Waals surface area contributed by atoms with Crippen LogP contribution in [0.25, 0.3) is 0 Å². The fraction of sp³-hybridized carbons (Fsp3) is 0.364. The summed E-state index contributed by atoms with van der Waals surface area (Å²) in [4.78, 5) is 13.2. The number of methoxy groups -OCH3 is 1. The summed E-state index contributed by atoms with van der Waals surface area (Å²) in [5.41, 5.74) is 1.06. The molecule has 1 fully saturated rings. The minimum Gasteiger partial charge on any atom is -0.497 e. The van der Waals surface area contributed by atoms with Crippen LogP contribution in [0, 0.1) is 0 Å². The predicted octanol–water partition coefficient (Wildman–Crippen LogP) is 0.631. The number of benzene rings is 1. The second-order valence-corrected chi connectivity index (χ2v) is 3.47. The highest BCUT2D eigenvalue weighted by atomic mass is 16.5. The summed E-state index contributed by atoms with van der Waals surface area (Å²) in [7, 11) is 1.64. The van der Waals surface area contributed by atoms with Gasteiger partial charge in [-0.2, -0.15) is 0 Å². The van der Waals surface area contributed by atoms with Crippen molar-refractivity contribution in [2.75, 3.05) is 31.6 Å². The van der Waals surface area contributed by atoms with Gasteiger partial charge in [0.05, 0.1) is 13.7 Å². The van der Waals surface area contributed by atoms with E-state index in [-0.39, 0.29) is 5.91 Å². The lowest BCUT2D eigenvalue weighted by molar-refractivity contribution is -0.120.